The minimum atomic E-state index is -0.279. The Morgan fingerprint density at radius 3 is 2.68 bits per heavy atom. The second-order valence-corrected chi connectivity index (χ2v) is 5.39. The van der Waals surface area contributed by atoms with Crippen LogP contribution in [-0.2, 0) is 0 Å². The van der Waals surface area contributed by atoms with Crippen molar-refractivity contribution in [3.63, 3.8) is 0 Å². The number of aliphatic hydroxyl groups excluding tert-OH is 1. The summed E-state index contributed by atoms with van der Waals surface area (Å²) in [6, 6.07) is 6.97. The zero-order valence-electron chi connectivity index (χ0n) is 12.5. The van der Waals surface area contributed by atoms with Gasteiger partial charge in [-0.25, -0.2) is 0 Å². The molecule has 0 aliphatic carbocycles. The van der Waals surface area contributed by atoms with Gasteiger partial charge in [0.1, 0.15) is 5.75 Å². The largest absolute Gasteiger partial charge is 0.496 e. The Kier molecular flexibility index (Phi) is 5.46. The van der Waals surface area contributed by atoms with E-state index in [1.165, 1.54) is 7.11 Å². The minimum Gasteiger partial charge on any atom is -0.496 e. The number of halogens is 1. The average Bonchev–Trinajstić information content (AvgIpc) is 3.01. The van der Waals surface area contributed by atoms with Gasteiger partial charge in [0.15, 0.2) is 0 Å². The molecule has 118 valence electrons. The van der Waals surface area contributed by atoms with Crippen molar-refractivity contribution in [1.82, 2.24) is 9.88 Å². The van der Waals surface area contributed by atoms with Gasteiger partial charge >= 0.3 is 0 Å². The number of rotatable bonds is 6. The van der Waals surface area contributed by atoms with Crippen LogP contribution in [0.4, 0.5) is 0 Å². The summed E-state index contributed by atoms with van der Waals surface area (Å²) in [6.45, 7) is 1.85. The van der Waals surface area contributed by atoms with Gasteiger partial charge in [-0.15, -0.1) is 0 Å². The number of hydrogen-bond donors (Lipinski definition) is 2. The highest BCUT2D eigenvalue weighted by Crippen LogP contribution is 2.30. The third-order valence-electron chi connectivity index (χ3n) is 3.34. The van der Waals surface area contributed by atoms with Crippen LogP contribution < -0.4 is 10.1 Å². The first kappa shape index (κ1) is 16.4. The smallest absolute Gasteiger partial charge is 0.255 e. The second-order valence-electron chi connectivity index (χ2n) is 4.98. The molecule has 1 amide bonds. The predicted molar refractivity (Wildman–Crippen MR) is 86.0 cm³/mol. The van der Waals surface area contributed by atoms with Crippen LogP contribution in [0.3, 0.4) is 0 Å². The SMILES string of the molecule is COc1cc(-n2cccc2)c(Cl)cc1C(=O)NC(C)CCO. The molecular formula is C16H19ClN2O3. The van der Waals surface area contributed by atoms with Crippen molar-refractivity contribution in [1.29, 1.82) is 0 Å². The van der Waals surface area contributed by atoms with Crippen molar-refractivity contribution in [2.75, 3.05) is 13.7 Å². The van der Waals surface area contributed by atoms with E-state index in [1.54, 1.807) is 12.1 Å². The fourth-order valence-electron chi connectivity index (χ4n) is 2.15. The molecule has 0 saturated heterocycles. The molecule has 0 aliphatic rings. The third-order valence-corrected chi connectivity index (χ3v) is 3.64. The quantitative estimate of drug-likeness (QED) is 0.859. The van der Waals surface area contributed by atoms with Crippen LogP contribution in [0.2, 0.25) is 5.02 Å². The summed E-state index contributed by atoms with van der Waals surface area (Å²) in [5, 5.41) is 12.2. The maximum atomic E-state index is 12.3. The first-order valence-corrected chi connectivity index (χ1v) is 7.37. The zero-order chi connectivity index (χ0) is 16.1. The zero-order valence-corrected chi connectivity index (χ0v) is 13.3. The van der Waals surface area contributed by atoms with Gasteiger partial charge in [-0.3, -0.25) is 4.79 Å². The standard InChI is InChI=1S/C16H19ClN2O3/c1-11(5-8-20)18-16(21)12-9-13(17)14(10-15(12)22-2)19-6-3-4-7-19/h3-4,6-7,9-11,20H,5,8H2,1-2H3,(H,18,21). The summed E-state index contributed by atoms with van der Waals surface area (Å²) in [5.74, 6) is 0.167. The van der Waals surface area contributed by atoms with Gasteiger partial charge in [-0.1, -0.05) is 11.6 Å². The molecule has 0 radical (unpaired) electrons. The Bertz CT molecular complexity index is 641. The molecule has 5 nitrogen and oxygen atoms in total. The summed E-state index contributed by atoms with van der Waals surface area (Å²) in [4.78, 5) is 12.3. The van der Waals surface area contributed by atoms with Crippen molar-refractivity contribution in [3.05, 3.63) is 47.2 Å². The Morgan fingerprint density at radius 1 is 1.41 bits per heavy atom. The fourth-order valence-corrected chi connectivity index (χ4v) is 2.41. The highest BCUT2D eigenvalue weighted by Gasteiger charge is 2.18. The first-order valence-electron chi connectivity index (χ1n) is 6.99. The van der Waals surface area contributed by atoms with Gasteiger partial charge in [0.25, 0.3) is 5.91 Å². The van der Waals surface area contributed by atoms with E-state index in [0.29, 0.717) is 22.8 Å². The van der Waals surface area contributed by atoms with Gasteiger partial charge in [0.2, 0.25) is 0 Å². The van der Waals surface area contributed by atoms with Crippen LogP contribution in [0, 0.1) is 0 Å². The topological polar surface area (TPSA) is 63.5 Å². The van der Waals surface area contributed by atoms with E-state index in [2.05, 4.69) is 5.32 Å². The second kappa shape index (κ2) is 7.33. The summed E-state index contributed by atoms with van der Waals surface area (Å²) in [7, 11) is 1.51. The molecule has 6 heteroatoms. The predicted octanol–water partition coefficient (Wildman–Crippen LogP) is 2.64. The molecule has 2 aromatic rings. The Hall–Kier alpha value is -1.98. The number of amides is 1. The van der Waals surface area contributed by atoms with Crippen LogP contribution in [0.15, 0.2) is 36.7 Å². The molecule has 1 atom stereocenters. The van der Waals surface area contributed by atoms with E-state index in [0.717, 1.165) is 5.69 Å². The number of benzene rings is 1. The Balaban J connectivity index is 2.32. The van der Waals surface area contributed by atoms with E-state index in [4.69, 9.17) is 21.4 Å². The van der Waals surface area contributed by atoms with Crippen LogP contribution in [-0.4, -0.2) is 35.3 Å². The molecular weight excluding hydrogens is 304 g/mol. The molecule has 0 aliphatic heterocycles. The Labute approximate surface area is 134 Å². The van der Waals surface area contributed by atoms with Crippen LogP contribution >= 0.6 is 11.6 Å². The molecule has 2 N–H and O–H groups in total. The van der Waals surface area contributed by atoms with E-state index in [1.807, 2.05) is 36.0 Å². The lowest BCUT2D eigenvalue weighted by atomic mass is 10.1. The van der Waals surface area contributed by atoms with E-state index >= 15 is 0 Å². The molecule has 2 rings (SSSR count). The van der Waals surface area contributed by atoms with E-state index < -0.39 is 0 Å². The van der Waals surface area contributed by atoms with Crippen molar-refractivity contribution >= 4 is 17.5 Å². The number of aliphatic hydroxyl groups is 1. The summed E-state index contributed by atoms with van der Waals surface area (Å²) < 4.78 is 7.17. The number of nitrogens with zero attached hydrogens (tertiary/aromatic N) is 1. The number of carbonyl (C=O) groups excluding carboxylic acids is 1. The lowest BCUT2D eigenvalue weighted by Crippen LogP contribution is -2.33. The van der Waals surface area contributed by atoms with Crippen molar-refractivity contribution in [2.24, 2.45) is 0 Å². The van der Waals surface area contributed by atoms with E-state index in [9.17, 15) is 4.79 Å². The molecule has 22 heavy (non-hydrogen) atoms. The molecule has 0 spiro atoms. The lowest BCUT2D eigenvalue weighted by molar-refractivity contribution is 0.0931. The maximum Gasteiger partial charge on any atom is 0.255 e. The number of methoxy groups -OCH3 is 1. The fraction of sp³-hybridized carbons (Fsp3) is 0.312. The van der Waals surface area contributed by atoms with Gasteiger partial charge in [-0.2, -0.15) is 0 Å². The summed E-state index contributed by atoms with van der Waals surface area (Å²) >= 11 is 6.30. The molecule has 0 fully saturated rings. The van der Waals surface area contributed by atoms with Crippen molar-refractivity contribution < 1.29 is 14.6 Å². The van der Waals surface area contributed by atoms with Gasteiger partial charge in [-0.05, 0) is 31.5 Å². The lowest BCUT2D eigenvalue weighted by Gasteiger charge is -2.16. The number of aromatic nitrogens is 1. The number of carbonyl (C=O) groups is 1. The Morgan fingerprint density at radius 2 is 2.09 bits per heavy atom. The molecule has 0 bridgehead atoms. The van der Waals surface area contributed by atoms with Gasteiger partial charge in [0, 0.05) is 31.1 Å². The van der Waals surface area contributed by atoms with Crippen LogP contribution in [0.1, 0.15) is 23.7 Å². The molecule has 0 saturated carbocycles. The maximum absolute atomic E-state index is 12.3. The average molecular weight is 323 g/mol. The molecule has 1 unspecified atom stereocenters. The van der Waals surface area contributed by atoms with Crippen molar-refractivity contribution in [2.45, 2.75) is 19.4 Å². The molecule has 1 aromatic carbocycles. The van der Waals surface area contributed by atoms with Gasteiger partial charge < -0.3 is 19.7 Å². The molecule has 1 aromatic heterocycles. The minimum absolute atomic E-state index is 0.0197. The normalized spacial score (nSPS) is 12.0. The highest BCUT2D eigenvalue weighted by atomic mass is 35.5. The van der Waals surface area contributed by atoms with Crippen LogP contribution in [0.25, 0.3) is 5.69 Å². The first-order chi connectivity index (χ1) is 10.6. The summed E-state index contributed by atoms with van der Waals surface area (Å²) in [6.07, 6.45) is 4.22. The monoisotopic (exact) mass is 322 g/mol. The van der Waals surface area contributed by atoms with E-state index in [-0.39, 0.29) is 18.6 Å². The third kappa shape index (κ3) is 3.61. The van der Waals surface area contributed by atoms with Crippen LogP contribution in [0.5, 0.6) is 5.75 Å². The number of ether oxygens (including phenoxy) is 1. The summed E-state index contributed by atoms with van der Waals surface area (Å²) in [5.41, 5.74) is 1.11. The van der Waals surface area contributed by atoms with Gasteiger partial charge in [0.05, 0.1) is 23.4 Å². The molecule has 1 heterocycles. The number of nitrogens with one attached hydrogen (secondary N) is 1. The highest BCUT2D eigenvalue weighted by molar-refractivity contribution is 6.33. The number of hydrogen-bond acceptors (Lipinski definition) is 3. The van der Waals surface area contributed by atoms with Crippen molar-refractivity contribution in [3.8, 4) is 11.4 Å².